The number of fused-ring (bicyclic) bond motifs is 1. The summed E-state index contributed by atoms with van der Waals surface area (Å²) in [4.78, 5) is 5.24. The highest BCUT2D eigenvalue weighted by atomic mass is 32.2. The molecular weight excluding hydrogens is 450 g/mol. The molecule has 2 saturated carbocycles. The summed E-state index contributed by atoms with van der Waals surface area (Å²) in [5, 5.41) is 2.17. The lowest BCUT2D eigenvalue weighted by Gasteiger charge is -2.30. The summed E-state index contributed by atoms with van der Waals surface area (Å²) in [6.07, 6.45) is 28.8. The van der Waals surface area contributed by atoms with Gasteiger partial charge in [0.25, 0.3) is 0 Å². The molecule has 0 bridgehead atoms. The third kappa shape index (κ3) is 11.5. The molecule has 35 heavy (non-hydrogen) atoms. The predicted molar refractivity (Wildman–Crippen MR) is 154 cm³/mol. The lowest BCUT2D eigenvalue weighted by molar-refractivity contribution is 0.0218. The molecule has 3 rings (SSSR count). The van der Waals surface area contributed by atoms with Crippen LogP contribution in [0.25, 0.3) is 0 Å². The average molecular weight is 508 g/mol. The maximum absolute atomic E-state index is 6.30. The SMILES string of the molecule is CCCCCCCCCCOC1CCC(C2=NC3CCC(OCCCCCCCC)CC3S2)CC1. The Balaban J connectivity index is 1.20. The summed E-state index contributed by atoms with van der Waals surface area (Å²) < 4.78 is 12.6. The van der Waals surface area contributed by atoms with E-state index in [-0.39, 0.29) is 0 Å². The van der Waals surface area contributed by atoms with E-state index in [1.54, 1.807) is 0 Å². The molecule has 3 nitrogen and oxygen atoms in total. The molecule has 2 aliphatic carbocycles. The largest absolute Gasteiger partial charge is 0.378 e. The minimum Gasteiger partial charge on any atom is -0.378 e. The van der Waals surface area contributed by atoms with E-state index in [9.17, 15) is 0 Å². The second kappa shape index (κ2) is 18.2. The number of unbranched alkanes of at least 4 members (excludes halogenated alkanes) is 12. The first-order valence-corrected chi connectivity index (χ1v) is 16.7. The Morgan fingerprint density at radius 1 is 0.629 bits per heavy atom. The van der Waals surface area contributed by atoms with Gasteiger partial charge in [-0.1, -0.05) is 90.9 Å². The molecular formula is C31H57NO2S. The number of hydrogen-bond donors (Lipinski definition) is 0. The van der Waals surface area contributed by atoms with Crippen molar-refractivity contribution in [2.45, 2.75) is 172 Å². The fraction of sp³-hybridized carbons (Fsp3) is 0.968. The first-order chi connectivity index (χ1) is 17.3. The molecule has 204 valence electrons. The van der Waals surface area contributed by atoms with Gasteiger partial charge >= 0.3 is 0 Å². The molecule has 2 fully saturated rings. The lowest BCUT2D eigenvalue weighted by atomic mass is 9.87. The van der Waals surface area contributed by atoms with Crippen molar-refractivity contribution < 1.29 is 9.47 Å². The number of aliphatic imine (C=N–C) groups is 1. The summed E-state index contributed by atoms with van der Waals surface area (Å²) in [7, 11) is 0. The minimum atomic E-state index is 0.481. The van der Waals surface area contributed by atoms with Crippen LogP contribution in [0.2, 0.25) is 0 Å². The third-order valence-electron chi connectivity index (χ3n) is 8.50. The first kappa shape index (κ1) is 29.5. The monoisotopic (exact) mass is 507 g/mol. The molecule has 0 N–H and O–H groups in total. The molecule has 0 saturated heterocycles. The normalized spacial score (nSPS) is 28.7. The second-order valence-electron chi connectivity index (χ2n) is 11.6. The Bertz CT molecular complexity index is 560. The van der Waals surface area contributed by atoms with E-state index in [4.69, 9.17) is 14.5 Å². The zero-order valence-corrected chi connectivity index (χ0v) is 24.1. The summed E-state index contributed by atoms with van der Waals surface area (Å²) >= 11 is 2.12. The van der Waals surface area contributed by atoms with E-state index in [0.717, 1.165) is 13.2 Å². The Labute approximate surface area is 222 Å². The molecule has 0 aromatic rings. The van der Waals surface area contributed by atoms with Crippen molar-refractivity contribution in [1.29, 1.82) is 0 Å². The minimum absolute atomic E-state index is 0.481. The van der Waals surface area contributed by atoms with E-state index in [1.165, 1.54) is 140 Å². The number of nitrogens with zero attached hydrogens (tertiary/aromatic N) is 1. The molecule has 3 aliphatic rings. The van der Waals surface area contributed by atoms with E-state index in [0.29, 0.717) is 29.4 Å². The van der Waals surface area contributed by atoms with Gasteiger partial charge in [0.1, 0.15) is 0 Å². The lowest BCUT2D eigenvalue weighted by Crippen LogP contribution is -2.32. The van der Waals surface area contributed by atoms with Gasteiger partial charge in [0.15, 0.2) is 0 Å². The van der Waals surface area contributed by atoms with E-state index >= 15 is 0 Å². The van der Waals surface area contributed by atoms with Crippen LogP contribution in [-0.2, 0) is 9.47 Å². The number of ether oxygens (including phenoxy) is 2. The van der Waals surface area contributed by atoms with Crippen LogP contribution in [0.1, 0.15) is 149 Å². The van der Waals surface area contributed by atoms with Gasteiger partial charge in [0, 0.05) is 24.4 Å². The van der Waals surface area contributed by atoms with Crippen molar-refractivity contribution in [3.63, 3.8) is 0 Å². The third-order valence-corrected chi connectivity index (χ3v) is 9.99. The summed E-state index contributed by atoms with van der Waals surface area (Å²) in [5.74, 6) is 0.705. The summed E-state index contributed by atoms with van der Waals surface area (Å²) in [6, 6.07) is 0.569. The van der Waals surface area contributed by atoms with E-state index in [1.807, 2.05) is 0 Å². The van der Waals surface area contributed by atoms with Gasteiger partial charge < -0.3 is 9.47 Å². The Morgan fingerprint density at radius 2 is 1.14 bits per heavy atom. The fourth-order valence-corrected chi connectivity index (χ4v) is 7.75. The number of rotatable bonds is 19. The van der Waals surface area contributed by atoms with E-state index in [2.05, 4.69) is 25.6 Å². The molecule has 1 heterocycles. The van der Waals surface area contributed by atoms with Crippen molar-refractivity contribution in [1.82, 2.24) is 0 Å². The fourth-order valence-electron chi connectivity index (χ4n) is 6.15. The van der Waals surface area contributed by atoms with Gasteiger partial charge in [0.05, 0.1) is 23.3 Å². The maximum atomic E-state index is 6.30. The van der Waals surface area contributed by atoms with Gasteiger partial charge in [-0.25, -0.2) is 0 Å². The first-order valence-electron chi connectivity index (χ1n) is 15.8. The molecule has 3 atom stereocenters. The van der Waals surface area contributed by atoms with Crippen LogP contribution in [0.4, 0.5) is 0 Å². The van der Waals surface area contributed by atoms with Gasteiger partial charge in [-0.3, -0.25) is 4.99 Å². The molecule has 0 spiro atoms. The van der Waals surface area contributed by atoms with Gasteiger partial charge in [-0.05, 0) is 57.8 Å². The van der Waals surface area contributed by atoms with Crippen LogP contribution in [-0.4, -0.2) is 41.8 Å². The predicted octanol–water partition coefficient (Wildman–Crippen LogP) is 9.51. The van der Waals surface area contributed by atoms with Crippen molar-refractivity contribution in [3.05, 3.63) is 0 Å². The molecule has 0 aromatic carbocycles. The molecule has 0 radical (unpaired) electrons. The van der Waals surface area contributed by atoms with Crippen LogP contribution in [0.3, 0.4) is 0 Å². The second-order valence-corrected chi connectivity index (χ2v) is 12.8. The maximum Gasteiger partial charge on any atom is 0.0714 e. The van der Waals surface area contributed by atoms with Crippen molar-refractivity contribution in [2.24, 2.45) is 10.9 Å². The highest BCUT2D eigenvalue weighted by Crippen LogP contribution is 2.43. The topological polar surface area (TPSA) is 30.8 Å². The van der Waals surface area contributed by atoms with Crippen LogP contribution in [0, 0.1) is 5.92 Å². The van der Waals surface area contributed by atoms with Crippen LogP contribution < -0.4 is 0 Å². The number of hydrogen-bond acceptors (Lipinski definition) is 4. The van der Waals surface area contributed by atoms with Crippen LogP contribution in [0.15, 0.2) is 4.99 Å². The molecule has 1 aliphatic heterocycles. The van der Waals surface area contributed by atoms with Crippen molar-refractivity contribution >= 4 is 16.8 Å². The van der Waals surface area contributed by atoms with Crippen molar-refractivity contribution in [3.8, 4) is 0 Å². The van der Waals surface area contributed by atoms with Crippen molar-refractivity contribution in [2.75, 3.05) is 13.2 Å². The van der Waals surface area contributed by atoms with Gasteiger partial charge in [0.2, 0.25) is 0 Å². The Morgan fingerprint density at radius 3 is 1.74 bits per heavy atom. The molecule has 3 unspecified atom stereocenters. The molecule has 4 heteroatoms. The van der Waals surface area contributed by atoms with Gasteiger partial charge in [-0.2, -0.15) is 0 Å². The zero-order valence-electron chi connectivity index (χ0n) is 23.3. The summed E-state index contributed by atoms with van der Waals surface area (Å²) in [6.45, 7) is 6.52. The highest BCUT2D eigenvalue weighted by Gasteiger charge is 2.39. The zero-order chi connectivity index (χ0) is 24.6. The standard InChI is InChI=1S/C31H57NO2S/c1-3-5-7-9-11-12-14-15-23-33-27-19-17-26(18-20-27)31-32-29-22-21-28(25-30(29)35-31)34-24-16-13-10-8-6-4-2/h26-30H,3-25H2,1-2H3. The van der Waals surface area contributed by atoms with Crippen LogP contribution in [0.5, 0.6) is 0 Å². The average Bonchev–Trinajstić information content (AvgIpc) is 3.31. The quantitative estimate of drug-likeness (QED) is 0.163. The van der Waals surface area contributed by atoms with E-state index < -0.39 is 0 Å². The Hall–Kier alpha value is -0.0600. The number of thioether (sulfide) groups is 1. The summed E-state index contributed by atoms with van der Waals surface area (Å²) in [5.41, 5.74) is 0. The van der Waals surface area contributed by atoms with Crippen LogP contribution >= 0.6 is 11.8 Å². The van der Waals surface area contributed by atoms with Gasteiger partial charge in [-0.15, -0.1) is 11.8 Å². The molecule has 0 amide bonds. The highest BCUT2D eigenvalue weighted by molar-refractivity contribution is 8.14. The Kier molecular flexibility index (Phi) is 15.4. The molecule has 0 aromatic heterocycles. The smallest absolute Gasteiger partial charge is 0.0714 e.